The monoisotopic (exact) mass is 428 g/mol. The summed E-state index contributed by atoms with van der Waals surface area (Å²) in [5, 5.41) is 3.16. The van der Waals surface area contributed by atoms with E-state index in [1.165, 1.54) is 4.90 Å². The molecule has 2 amide bonds. The zero-order valence-corrected chi connectivity index (χ0v) is 18.0. The van der Waals surface area contributed by atoms with Gasteiger partial charge in [-0.25, -0.2) is 0 Å². The molecule has 6 nitrogen and oxygen atoms in total. The molecule has 0 saturated carbocycles. The maximum absolute atomic E-state index is 13.4. The second-order valence-corrected chi connectivity index (χ2v) is 7.25. The maximum atomic E-state index is 13.4. The largest absolute Gasteiger partial charge is 0.497 e. The first kappa shape index (κ1) is 21.2. The molecule has 6 heteroatoms. The molecule has 1 N–H and O–H groups in total. The minimum absolute atomic E-state index is 0.197. The van der Waals surface area contributed by atoms with Crippen LogP contribution in [0.2, 0.25) is 0 Å². The van der Waals surface area contributed by atoms with E-state index >= 15 is 0 Å². The summed E-state index contributed by atoms with van der Waals surface area (Å²) in [5.41, 5.74) is 2.75. The molecule has 1 aliphatic heterocycles. The quantitative estimate of drug-likeness (QED) is 0.536. The Morgan fingerprint density at radius 1 is 0.844 bits per heavy atom. The molecule has 1 aliphatic rings. The van der Waals surface area contributed by atoms with Crippen LogP contribution in [0, 0.1) is 0 Å². The Hall–Kier alpha value is -4.06. The molecule has 0 radical (unpaired) electrons. The molecular formula is C26H24N2O4. The number of methoxy groups -OCH3 is 1. The molecule has 0 unspecified atom stereocenters. The van der Waals surface area contributed by atoms with E-state index in [9.17, 15) is 9.59 Å². The van der Waals surface area contributed by atoms with Crippen molar-refractivity contribution in [3.8, 4) is 11.5 Å². The highest BCUT2D eigenvalue weighted by Crippen LogP contribution is 2.33. The van der Waals surface area contributed by atoms with E-state index in [0.29, 0.717) is 34.9 Å². The van der Waals surface area contributed by atoms with E-state index in [1.807, 2.05) is 55.5 Å². The van der Waals surface area contributed by atoms with Gasteiger partial charge in [0.25, 0.3) is 11.8 Å². The summed E-state index contributed by atoms with van der Waals surface area (Å²) in [6.07, 6.45) is 0. The third-order valence-corrected chi connectivity index (χ3v) is 5.14. The number of rotatable bonds is 8. The van der Waals surface area contributed by atoms with Crippen LogP contribution in [0.5, 0.6) is 11.5 Å². The summed E-state index contributed by atoms with van der Waals surface area (Å²) in [6, 6.07) is 23.9. The highest BCUT2D eigenvalue weighted by atomic mass is 16.5. The Kier molecular flexibility index (Phi) is 6.22. The van der Waals surface area contributed by atoms with Crippen LogP contribution in [0.3, 0.4) is 0 Å². The Bertz CT molecular complexity index is 1150. The second kappa shape index (κ2) is 9.39. The summed E-state index contributed by atoms with van der Waals surface area (Å²) < 4.78 is 10.8. The van der Waals surface area contributed by atoms with Crippen molar-refractivity contribution in [2.24, 2.45) is 0 Å². The van der Waals surface area contributed by atoms with E-state index < -0.39 is 0 Å². The van der Waals surface area contributed by atoms with E-state index in [-0.39, 0.29) is 24.1 Å². The molecular weight excluding hydrogens is 404 g/mol. The molecule has 3 aromatic carbocycles. The van der Waals surface area contributed by atoms with E-state index in [4.69, 9.17) is 9.47 Å². The molecule has 0 aromatic heterocycles. The van der Waals surface area contributed by atoms with Crippen LogP contribution < -0.4 is 14.8 Å². The van der Waals surface area contributed by atoms with Gasteiger partial charge < -0.3 is 14.8 Å². The maximum Gasteiger partial charge on any atom is 0.278 e. The number of nitrogens with zero attached hydrogens (tertiary/aromatic N) is 1. The Morgan fingerprint density at radius 3 is 2.28 bits per heavy atom. The number of hydrogen-bond donors (Lipinski definition) is 1. The predicted molar refractivity (Wildman–Crippen MR) is 123 cm³/mol. The van der Waals surface area contributed by atoms with Crippen molar-refractivity contribution in [3.63, 3.8) is 0 Å². The minimum Gasteiger partial charge on any atom is -0.497 e. The van der Waals surface area contributed by atoms with Crippen LogP contribution in [-0.4, -0.2) is 30.4 Å². The van der Waals surface area contributed by atoms with Crippen molar-refractivity contribution in [2.75, 3.05) is 19.0 Å². The number of anilines is 1. The smallest absolute Gasteiger partial charge is 0.278 e. The highest BCUT2D eigenvalue weighted by Gasteiger charge is 2.39. The topological polar surface area (TPSA) is 67.9 Å². The predicted octanol–water partition coefficient (Wildman–Crippen LogP) is 4.49. The minimum atomic E-state index is -0.370. The van der Waals surface area contributed by atoms with Crippen LogP contribution in [0.15, 0.2) is 84.6 Å². The number of hydrogen-bond acceptors (Lipinski definition) is 5. The van der Waals surface area contributed by atoms with Crippen molar-refractivity contribution in [3.05, 3.63) is 95.7 Å². The highest BCUT2D eigenvalue weighted by molar-refractivity contribution is 6.36. The lowest BCUT2D eigenvalue weighted by Gasteiger charge is -2.15. The molecule has 0 atom stereocenters. The third kappa shape index (κ3) is 4.34. The molecule has 1 heterocycles. The number of nitrogens with one attached hydrogen (secondary N) is 1. The molecule has 0 bridgehead atoms. The summed E-state index contributed by atoms with van der Waals surface area (Å²) in [6.45, 7) is 2.66. The van der Waals surface area contributed by atoms with Gasteiger partial charge in [-0.1, -0.05) is 48.5 Å². The number of ether oxygens (including phenoxy) is 2. The van der Waals surface area contributed by atoms with Gasteiger partial charge in [0.1, 0.15) is 17.2 Å². The van der Waals surface area contributed by atoms with Gasteiger partial charge in [0.15, 0.2) is 0 Å². The molecule has 162 valence electrons. The first-order chi connectivity index (χ1) is 15.6. The van der Waals surface area contributed by atoms with Crippen LogP contribution in [0.1, 0.15) is 18.1 Å². The number of imide groups is 1. The van der Waals surface area contributed by atoms with Gasteiger partial charge in [-0.2, -0.15) is 0 Å². The number of amides is 2. The van der Waals surface area contributed by atoms with Crippen molar-refractivity contribution in [1.82, 2.24) is 4.90 Å². The summed E-state index contributed by atoms with van der Waals surface area (Å²) in [4.78, 5) is 28.0. The van der Waals surface area contributed by atoms with Gasteiger partial charge in [0, 0.05) is 11.8 Å². The van der Waals surface area contributed by atoms with Crippen molar-refractivity contribution < 1.29 is 19.1 Å². The zero-order valence-electron chi connectivity index (χ0n) is 18.0. The second-order valence-electron chi connectivity index (χ2n) is 7.25. The lowest BCUT2D eigenvalue weighted by molar-refractivity contribution is -0.137. The van der Waals surface area contributed by atoms with Gasteiger partial charge in [0.2, 0.25) is 0 Å². The first-order valence-electron chi connectivity index (χ1n) is 10.4. The molecule has 0 saturated heterocycles. The van der Waals surface area contributed by atoms with Crippen LogP contribution >= 0.6 is 0 Å². The Labute approximate surface area is 187 Å². The normalized spacial score (nSPS) is 13.5. The van der Waals surface area contributed by atoms with Gasteiger partial charge in [-0.3, -0.25) is 14.5 Å². The molecule has 3 aromatic rings. The lowest BCUT2D eigenvalue weighted by atomic mass is 10.0. The molecule has 4 rings (SSSR count). The summed E-state index contributed by atoms with van der Waals surface area (Å²) in [7, 11) is 1.58. The molecule has 32 heavy (non-hydrogen) atoms. The number of benzene rings is 3. The van der Waals surface area contributed by atoms with Crippen LogP contribution in [0.25, 0.3) is 5.57 Å². The zero-order chi connectivity index (χ0) is 22.5. The van der Waals surface area contributed by atoms with Gasteiger partial charge in [-0.05, 0) is 42.3 Å². The van der Waals surface area contributed by atoms with Crippen LogP contribution in [0.4, 0.5) is 5.69 Å². The fourth-order valence-electron chi connectivity index (χ4n) is 3.60. The average molecular weight is 428 g/mol. The van der Waals surface area contributed by atoms with Crippen molar-refractivity contribution >= 4 is 23.1 Å². The summed E-state index contributed by atoms with van der Waals surface area (Å²) in [5.74, 6) is 0.646. The third-order valence-electron chi connectivity index (χ3n) is 5.14. The Morgan fingerprint density at radius 2 is 1.59 bits per heavy atom. The lowest BCUT2D eigenvalue weighted by Crippen LogP contribution is -2.31. The number of carbonyl (C=O) groups is 2. The fraction of sp³-hybridized carbons (Fsp3) is 0.154. The van der Waals surface area contributed by atoms with Crippen LogP contribution in [-0.2, 0) is 16.1 Å². The van der Waals surface area contributed by atoms with E-state index in [1.54, 1.807) is 37.4 Å². The van der Waals surface area contributed by atoms with Gasteiger partial charge >= 0.3 is 0 Å². The average Bonchev–Trinajstić information content (AvgIpc) is 3.05. The Balaban J connectivity index is 1.72. The molecule has 0 spiro atoms. The van der Waals surface area contributed by atoms with E-state index in [0.717, 1.165) is 5.56 Å². The number of carbonyl (C=O) groups excluding carboxylic acids is 2. The fourth-order valence-corrected chi connectivity index (χ4v) is 3.60. The van der Waals surface area contributed by atoms with E-state index in [2.05, 4.69) is 5.32 Å². The first-order valence-corrected chi connectivity index (χ1v) is 10.4. The van der Waals surface area contributed by atoms with Gasteiger partial charge in [-0.15, -0.1) is 0 Å². The van der Waals surface area contributed by atoms with Crippen molar-refractivity contribution in [2.45, 2.75) is 13.5 Å². The molecule has 0 aliphatic carbocycles. The molecule has 0 fully saturated rings. The standard InChI is InChI=1S/C26H24N2O4/c1-3-32-21-14-12-19(13-15-21)23-24(27-20-10-7-11-22(16-20)31-2)26(30)28(25(23)29)17-18-8-5-4-6-9-18/h4-16,27H,3,17H2,1-2H3. The van der Waals surface area contributed by atoms with Gasteiger partial charge in [0.05, 0.1) is 25.8 Å². The SMILES string of the molecule is CCOc1ccc(C2=C(Nc3cccc(OC)c3)C(=O)N(Cc3ccccc3)C2=O)cc1. The van der Waals surface area contributed by atoms with Crippen molar-refractivity contribution in [1.29, 1.82) is 0 Å². The summed E-state index contributed by atoms with van der Waals surface area (Å²) >= 11 is 0.